The molecule has 0 radical (unpaired) electrons. The SMILES string of the molecule is CC(C(=O)O)c1cccc(NC(=O)c2cc(C3CC3)[nH]n2)c1. The Morgan fingerprint density at radius 1 is 1.36 bits per heavy atom. The highest BCUT2D eigenvalue weighted by Crippen LogP contribution is 2.39. The van der Waals surface area contributed by atoms with Crippen LogP contribution in [0.5, 0.6) is 0 Å². The Morgan fingerprint density at radius 3 is 2.82 bits per heavy atom. The Morgan fingerprint density at radius 2 is 2.14 bits per heavy atom. The zero-order valence-electron chi connectivity index (χ0n) is 12.2. The Bertz CT molecular complexity index is 719. The van der Waals surface area contributed by atoms with Gasteiger partial charge in [-0.3, -0.25) is 14.7 Å². The number of anilines is 1. The van der Waals surface area contributed by atoms with Crippen molar-refractivity contribution in [1.82, 2.24) is 10.2 Å². The van der Waals surface area contributed by atoms with E-state index < -0.39 is 11.9 Å². The van der Waals surface area contributed by atoms with E-state index in [9.17, 15) is 9.59 Å². The van der Waals surface area contributed by atoms with Gasteiger partial charge in [0.2, 0.25) is 0 Å². The Labute approximate surface area is 127 Å². The van der Waals surface area contributed by atoms with Gasteiger partial charge in [-0.1, -0.05) is 12.1 Å². The molecule has 1 saturated carbocycles. The summed E-state index contributed by atoms with van der Waals surface area (Å²) in [7, 11) is 0. The third kappa shape index (κ3) is 3.00. The Balaban J connectivity index is 1.72. The summed E-state index contributed by atoms with van der Waals surface area (Å²) in [4.78, 5) is 23.2. The van der Waals surface area contributed by atoms with Gasteiger partial charge in [0.05, 0.1) is 5.92 Å². The van der Waals surface area contributed by atoms with E-state index >= 15 is 0 Å². The molecule has 114 valence electrons. The van der Waals surface area contributed by atoms with E-state index in [0.29, 0.717) is 22.9 Å². The van der Waals surface area contributed by atoms with Crippen LogP contribution >= 0.6 is 0 Å². The first-order valence-corrected chi connectivity index (χ1v) is 7.24. The second-order valence-corrected chi connectivity index (χ2v) is 5.62. The van der Waals surface area contributed by atoms with Gasteiger partial charge in [-0.25, -0.2) is 0 Å². The number of aromatic amines is 1. The van der Waals surface area contributed by atoms with Crippen molar-refractivity contribution in [3.05, 3.63) is 47.3 Å². The summed E-state index contributed by atoms with van der Waals surface area (Å²) in [5.41, 5.74) is 2.55. The first-order chi connectivity index (χ1) is 10.5. The summed E-state index contributed by atoms with van der Waals surface area (Å²) in [6.07, 6.45) is 2.27. The molecule has 0 saturated heterocycles. The molecule has 1 aromatic carbocycles. The summed E-state index contributed by atoms with van der Waals surface area (Å²) in [5.74, 6) is -1.31. The number of benzene rings is 1. The molecular formula is C16H17N3O3. The van der Waals surface area contributed by atoms with E-state index in [1.165, 1.54) is 0 Å². The van der Waals surface area contributed by atoms with Crippen molar-refractivity contribution in [2.45, 2.75) is 31.6 Å². The number of amides is 1. The maximum absolute atomic E-state index is 12.2. The number of nitrogens with zero attached hydrogens (tertiary/aromatic N) is 1. The maximum Gasteiger partial charge on any atom is 0.310 e. The molecule has 0 aliphatic heterocycles. The molecule has 1 fully saturated rings. The molecule has 1 heterocycles. The summed E-state index contributed by atoms with van der Waals surface area (Å²) < 4.78 is 0. The fourth-order valence-corrected chi connectivity index (χ4v) is 2.28. The van der Waals surface area contributed by atoms with Gasteiger partial charge in [0.1, 0.15) is 0 Å². The quantitative estimate of drug-likeness (QED) is 0.791. The van der Waals surface area contributed by atoms with Gasteiger partial charge in [-0.2, -0.15) is 5.10 Å². The zero-order valence-corrected chi connectivity index (χ0v) is 12.2. The minimum atomic E-state index is -0.898. The molecule has 2 aromatic rings. The standard InChI is InChI=1S/C16H17N3O3/c1-9(16(21)22)11-3-2-4-12(7-11)17-15(20)14-8-13(18-19-14)10-5-6-10/h2-4,7-10H,5-6H2,1H3,(H,17,20)(H,18,19)(H,21,22). The van der Waals surface area contributed by atoms with Crippen LogP contribution in [-0.4, -0.2) is 27.2 Å². The number of carboxylic acid groups (broad SMARTS) is 1. The molecule has 3 N–H and O–H groups in total. The average Bonchev–Trinajstić information content (AvgIpc) is 3.23. The molecule has 1 atom stereocenters. The fourth-order valence-electron chi connectivity index (χ4n) is 2.28. The van der Waals surface area contributed by atoms with Crippen LogP contribution in [0.15, 0.2) is 30.3 Å². The number of hydrogen-bond acceptors (Lipinski definition) is 3. The second kappa shape index (κ2) is 5.63. The number of rotatable bonds is 5. The molecule has 6 heteroatoms. The molecule has 0 spiro atoms. The van der Waals surface area contributed by atoms with Gasteiger partial charge < -0.3 is 10.4 Å². The lowest BCUT2D eigenvalue weighted by atomic mass is 10.0. The van der Waals surface area contributed by atoms with Crippen molar-refractivity contribution in [1.29, 1.82) is 0 Å². The second-order valence-electron chi connectivity index (χ2n) is 5.62. The van der Waals surface area contributed by atoms with Crippen LogP contribution < -0.4 is 5.32 Å². The topological polar surface area (TPSA) is 95.1 Å². The van der Waals surface area contributed by atoms with Crippen LogP contribution in [0.3, 0.4) is 0 Å². The molecule has 22 heavy (non-hydrogen) atoms. The number of hydrogen-bond donors (Lipinski definition) is 3. The summed E-state index contributed by atoms with van der Waals surface area (Å²) in [5, 5.41) is 18.7. The highest BCUT2D eigenvalue weighted by Gasteiger charge is 2.26. The summed E-state index contributed by atoms with van der Waals surface area (Å²) in [6.45, 7) is 1.61. The molecule has 1 unspecified atom stereocenters. The molecule has 1 aliphatic carbocycles. The average molecular weight is 299 g/mol. The number of carboxylic acids is 1. The smallest absolute Gasteiger partial charge is 0.310 e. The fraction of sp³-hybridized carbons (Fsp3) is 0.312. The highest BCUT2D eigenvalue weighted by atomic mass is 16.4. The first kappa shape index (κ1) is 14.3. The first-order valence-electron chi connectivity index (χ1n) is 7.24. The number of carbonyl (C=O) groups is 2. The third-order valence-electron chi connectivity index (χ3n) is 3.86. The molecule has 1 aliphatic rings. The lowest BCUT2D eigenvalue weighted by molar-refractivity contribution is -0.138. The molecule has 1 aromatic heterocycles. The molecular weight excluding hydrogens is 282 g/mol. The zero-order chi connectivity index (χ0) is 15.7. The van der Waals surface area contributed by atoms with E-state index in [0.717, 1.165) is 18.5 Å². The van der Waals surface area contributed by atoms with Crippen LogP contribution in [0.2, 0.25) is 0 Å². The van der Waals surface area contributed by atoms with Gasteiger partial charge in [-0.15, -0.1) is 0 Å². The lowest BCUT2D eigenvalue weighted by Crippen LogP contribution is -2.13. The van der Waals surface area contributed by atoms with E-state index in [2.05, 4.69) is 15.5 Å². The molecule has 0 bridgehead atoms. The molecule has 3 rings (SSSR count). The van der Waals surface area contributed by atoms with Crippen molar-refractivity contribution in [2.75, 3.05) is 5.32 Å². The van der Waals surface area contributed by atoms with Crippen LogP contribution in [0.1, 0.15) is 53.3 Å². The number of H-pyrrole nitrogens is 1. The normalized spacial score (nSPS) is 15.3. The van der Waals surface area contributed by atoms with Crippen LogP contribution in [0.4, 0.5) is 5.69 Å². The summed E-state index contributed by atoms with van der Waals surface area (Å²) >= 11 is 0. The number of nitrogens with one attached hydrogen (secondary N) is 2. The van der Waals surface area contributed by atoms with E-state index in [-0.39, 0.29) is 5.91 Å². The van der Waals surface area contributed by atoms with Crippen molar-refractivity contribution < 1.29 is 14.7 Å². The van der Waals surface area contributed by atoms with Crippen molar-refractivity contribution in [2.24, 2.45) is 0 Å². The number of carbonyl (C=O) groups excluding carboxylic acids is 1. The van der Waals surface area contributed by atoms with Crippen LogP contribution in [-0.2, 0) is 4.79 Å². The van der Waals surface area contributed by atoms with Crippen molar-refractivity contribution in [3.63, 3.8) is 0 Å². The van der Waals surface area contributed by atoms with Gasteiger partial charge in [0, 0.05) is 17.3 Å². The van der Waals surface area contributed by atoms with E-state index in [4.69, 9.17) is 5.11 Å². The van der Waals surface area contributed by atoms with Gasteiger partial charge in [0.15, 0.2) is 5.69 Å². The van der Waals surface area contributed by atoms with Gasteiger partial charge >= 0.3 is 5.97 Å². The molecule has 6 nitrogen and oxygen atoms in total. The summed E-state index contributed by atoms with van der Waals surface area (Å²) in [6, 6.07) is 8.63. The Hall–Kier alpha value is -2.63. The third-order valence-corrected chi connectivity index (χ3v) is 3.86. The maximum atomic E-state index is 12.2. The van der Waals surface area contributed by atoms with E-state index in [1.807, 2.05) is 0 Å². The van der Waals surface area contributed by atoms with Crippen LogP contribution in [0.25, 0.3) is 0 Å². The van der Waals surface area contributed by atoms with Crippen molar-refractivity contribution in [3.8, 4) is 0 Å². The monoisotopic (exact) mass is 299 g/mol. The lowest BCUT2D eigenvalue weighted by Gasteiger charge is -2.09. The number of aliphatic carboxylic acids is 1. The number of aromatic nitrogens is 2. The minimum Gasteiger partial charge on any atom is -0.481 e. The predicted octanol–water partition coefficient (Wildman–Crippen LogP) is 2.73. The van der Waals surface area contributed by atoms with Gasteiger partial charge in [0.25, 0.3) is 5.91 Å². The highest BCUT2D eigenvalue weighted by molar-refractivity contribution is 6.03. The largest absolute Gasteiger partial charge is 0.481 e. The van der Waals surface area contributed by atoms with Gasteiger partial charge in [-0.05, 0) is 43.5 Å². The minimum absolute atomic E-state index is 0.303. The predicted molar refractivity (Wildman–Crippen MR) is 81.0 cm³/mol. The van der Waals surface area contributed by atoms with Crippen LogP contribution in [0, 0.1) is 0 Å². The Kier molecular flexibility index (Phi) is 3.66. The molecule has 1 amide bonds. The van der Waals surface area contributed by atoms with E-state index in [1.54, 1.807) is 37.3 Å². The van der Waals surface area contributed by atoms with Crippen molar-refractivity contribution >= 4 is 17.6 Å².